The van der Waals surface area contributed by atoms with Crippen LogP contribution in [0, 0.1) is 11.7 Å². The van der Waals surface area contributed by atoms with Gasteiger partial charge in [-0.2, -0.15) is 0 Å². The molecule has 1 saturated carbocycles. The predicted molar refractivity (Wildman–Crippen MR) is 64.9 cm³/mol. The minimum atomic E-state index is -0.294. The van der Waals surface area contributed by atoms with Gasteiger partial charge in [-0.05, 0) is 53.7 Å². The predicted octanol–water partition coefficient (Wildman–Crippen LogP) is 3.40. The molecule has 1 aliphatic carbocycles. The number of hydrogen-bond acceptors (Lipinski definition) is 2. The molecule has 0 aromatic heterocycles. The van der Waals surface area contributed by atoms with E-state index < -0.39 is 0 Å². The summed E-state index contributed by atoms with van der Waals surface area (Å²) in [6, 6.07) is 2.62. The molecule has 1 aromatic rings. The SMILES string of the molecule is CC(N)c1cc(F)cc(Br)c1OCC1CC1. The molecule has 0 aliphatic heterocycles. The largest absolute Gasteiger partial charge is 0.492 e. The Hall–Kier alpha value is -0.610. The van der Waals surface area contributed by atoms with Crippen molar-refractivity contribution in [2.24, 2.45) is 11.7 Å². The van der Waals surface area contributed by atoms with Crippen molar-refractivity contribution in [2.75, 3.05) is 6.61 Å². The first kappa shape index (κ1) is 11.9. The molecule has 0 radical (unpaired) electrons. The topological polar surface area (TPSA) is 35.2 Å². The van der Waals surface area contributed by atoms with E-state index in [2.05, 4.69) is 15.9 Å². The molecule has 0 spiro atoms. The fourth-order valence-corrected chi connectivity index (χ4v) is 2.12. The summed E-state index contributed by atoms with van der Waals surface area (Å²) >= 11 is 3.32. The lowest BCUT2D eigenvalue weighted by atomic mass is 10.1. The molecule has 1 fully saturated rings. The molecule has 2 rings (SSSR count). The number of hydrogen-bond donors (Lipinski definition) is 1. The van der Waals surface area contributed by atoms with Crippen molar-refractivity contribution in [3.05, 3.63) is 28.0 Å². The normalized spacial score (nSPS) is 17.2. The number of nitrogens with two attached hydrogens (primary N) is 1. The van der Waals surface area contributed by atoms with E-state index in [-0.39, 0.29) is 11.9 Å². The van der Waals surface area contributed by atoms with Gasteiger partial charge in [0.2, 0.25) is 0 Å². The second-order valence-corrected chi connectivity index (χ2v) is 5.20. The van der Waals surface area contributed by atoms with Gasteiger partial charge in [-0.3, -0.25) is 0 Å². The van der Waals surface area contributed by atoms with Gasteiger partial charge in [0.15, 0.2) is 0 Å². The van der Waals surface area contributed by atoms with Crippen molar-refractivity contribution in [1.29, 1.82) is 0 Å². The first-order valence-electron chi connectivity index (χ1n) is 5.45. The van der Waals surface area contributed by atoms with Crippen LogP contribution in [0.4, 0.5) is 4.39 Å². The Morgan fingerprint density at radius 3 is 2.81 bits per heavy atom. The number of rotatable bonds is 4. The van der Waals surface area contributed by atoms with Gasteiger partial charge in [0.25, 0.3) is 0 Å². The highest BCUT2D eigenvalue weighted by Gasteiger charge is 2.23. The maximum absolute atomic E-state index is 13.2. The first-order chi connectivity index (χ1) is 7.58. The molecule has 1 atom stereocenters. The van der Waals surface area contributed by atoms with E-state index in [4.69, 9.17) is 10.5 Å². The van der Waals surface area contributed by atoms with Crippen molar-refractivity contribution in [1.82, 2.24) is 0 Å². The Balaban J connectivity index is 2.24. The van der Waals surface area contributed by atoms with Crippen LogP contribution in [0.15, 0.2) is 16.6 Å². The third-order valence-corrected chi connectivity index (χ3v) is 3.28. The lowest BCUT2D eigenvalue weighted by Crippen LogP contribution is -2.10. The van der Waals surface area contributed by atoms with Crippen LogP contribution in [0.3, 0.4) is 0 Å². The molecule has 16 heavy (non-hydrogen) atoms. The third-order valence-electron chi connectivity index (χ3n) is 2.69. The van der Waals surface area contributed by atoms with Crippen molar-refractivity contribution in [3.63, 3.8) is 0 Å². The monoisotopic (exact) mass is 287 g/mol. The first-order valence-corrected chi connectivity index (χ1v) is 6.24. The fourth-order valence-electron chi connectivity index (χ4n) is 1.56. The van der Waals surface area contributed by atoms with Crippen LogP contribution in [0.1, 0.15) is 31.4 Å². The van der Waals surface area contributed by atoms with E-state index in [1.54, 1.807) is 0 Å². The zero-order valence-corrected chi connectivity index (χ0v) is 10.8. The highest BCUT2D eigenvalue weighted by molar-refractivity contribution is 9.10. The maximum Gasteiger partial charge on any atom is 0.138 e. The van der Waals surface area contributed by atoms with Gasteiger partial charge >= 0.3 is 0 Å². The summed E-state index contributed by atoms with van der Waals surface area (Å²) in [6.07, 6.45) is 2.46. The van der Waals surface area contributed by atoms with E-state index in [0.29, 0.717) is 28.3 Å². The van der Waals surface area contributed by atoms with E-state index in [0.717, 1.165) is 0 Å². The Labute approximate surface area is 103 Å². The average molecular weight is 288 g/mol. The van der Waals surface area contributed by atoms with Crippen molar-refractivity contribution >= 4 is 15.9 Å². The third kappa shape index (κ3) is 2.74. The van der Waals surface area contributed by atoms with Crippen molar-refractivity contribution in [2.45, 2.75) is 25.8 Å². The van der Waals surface area contributed by atoms with Crippen LogP contribution < -0.4 is 10.5 Å². The highest BCUT2D eigenvalue weighted by atomic mass is 79.9. The summed E-state index contributed by atoms with van der Waals surface area (Å²) in [5, 5.41) is 0. The average Bonchev–Trinajstić information content (AvgIpc) is 2.98. The molecule has 0 amide bonds. The molecular formula is C12H15BrFNO. The molecule has 1 unspecified atom stereocenters. The van der Waals surface area contributed by atoms with Gasteiger partial charge in [-0.25, -0.2) is 4.39 Å². The van der Waals surface area contributed by atoms with Crippen LogP contribution in [0.25, 0.3) is 0 Å². The van der Waals surface area contributed by atoms with Crippen molar-refractivity contribution < 1.29 is 9.13 Å². The number of ether oxygens (including phenoxy) is 1. The lowest BCUT2D eigenvalue weighted by Gasteiger charge is -2.15. The van der Waals surface area contributed by atoms with Gasteiger partial charge in [0.05, 0.1) is 11.1 Å². The summed E-state index contributed by atoms with van der Waals surface area (Å²) in [6.45, 7) is 2.52. The van der Waals surface area contributed by atoms with Gasteiger partial charge in [-0.15, -0.1) is 0 Å². The summed E-state index contributed by atoms with van der Waals surface area (Å²) in [5.74, 6) is 1.05. The van der Waals surface area contributed by atoms with E-state index >= 15 is 0 Å². The standard InChI is InChI=1S/C12H15BrFNO/c1-7(15)10-4-9(14)5-11(13)12(10)16-6-8-2-3-8/h4-5,7-8H,2-3,6,15H2,1H3. The van der Waals surface area contributed by atoms with Gasteiger partial charge in [-0.1, -0.05) is 0 Å². The summed E-state index contributed by atoms with van der Waals surface area (Å²) in [5.41, 5.74) is 6.52. The molecule has 2 nitrogen and oxygen atoms in total. The fraction of sp³-hybridized carbons (Fsp3) is 0.500. The molecule has 1 aromatic carbocycles. The molecule has 2 N–H and O–H groups in total. The van der Waals surface area contributed by atoms with Crippen molar-refractivity contribution in [3.8, 4) is 5.75 Å². The van der Waals surface area contributed by atoms with Gasteiger partial charge in [0.1, 0.15) is 11.6 Å². The highest BCUT2D eigenvalue weighted by Crippen LogP contribution is 2.36. The summed E-state index contributed by atoms with van der Waals surface area (Å²) in [7, 11) is 0. The molecule has 1 aliphatic rings. The molecule has 0 saturated heterocycles. The van der Waals surface area contributed by atoms with Gasteiger partial charge in [0, 0.05) is 11.6 Å². The van der Waals surface area contributed by atoms with Gasteiger partial charge < -0.3 is 10.5 Å². The Bertz CT molecular complexity index is 391. The molecule has 88 valence electrons. The Kier molecular flexibility index (Phi) is 3.50. The Morgan fingerprint density at radius 2 is 2.25 bits per heavy atom. The van der Waals surface area contributed by atoms with Crippen LogP contribution >= 0.6 is 15.9 Å². The molecular weight excluding hydrogens is 273 g/mol. The quantitative estimate of drug-likeness (QED) is 0.921. The molecule has 4 heteroatoms. The van der Waals surface area contributed by atoms with Crippen LogP contribution in [0.5, 0.6) is 5.75 Å². The maximum atomic E-state index is 13.2. The van der Waals surface area contributed by atoms with E-state index in [9.17, 15) is 4.39 Å². The van der Waals surface area contributed by atoms with Crippen LogP contribution in [-0.4, -0.2) is 6.61 Å². The smallest absolute Gasteiger partial charge is 0.138 e. The lowest BCUT2D eigenvalue weighted by molar-refractivity contribution is 0.293. The molecule has 0 heterocycles. The second kappa shape index (κ2) is 4.72. The Morgan fingerprint density at radius 1 is 1.56 bits per heavy atom. The molecule has 0 bridgehead atoms. The van der Waals surface area contributed by atoms with Crippen LogP contribution in [0.2, 0.25) is 0 Å². The second-order valence-electron chi connectivity index (χ2n) is 4.35. The van der Waals surface area contributed by atoms with Crippen LogP contribution in [-0.2, 0) is 0 Å². The number of halogens is 2. The summed E-state index contributed by atoms with van der Waals surface area (Å²) in [4.78, 5) is 0. The zero-order chi connectivity index (χ0) is 11.7. The van der Waals surface area contributed by atoms with E-state index in [1.807, 2.05) is 6.92 Å². The number of benzene rings is 1. The minimum Gasteiger partial charge on any atom is -0.492 e. The summed E-state index contributed by atoms with van der Waals surface area (Å²) < 4.78 is 19.6. The minimum absolute atomic E-state index is 0.235. The van der Waals surface area contributed by atoms with E-state index in [1.165, 1.54) is 25.0 Å². The zero-order valence-electron chi connectivity index (χ0n) is 9.17.